The molecule has 0 radical (unpaired) electrons. The van der Waals surface area contributed by atoms with Crippen LogP contribution in [0, 0.1) is 5.92 Å². The molecular weight excluding hydrogens is 1870 g/mol. The van der Waals surface area contributed by atoms with Crippen LogP contribution in [0.4, 0.5) is 0 Å². The van der Waals surface area contributed by atoms with E-state index in [1.54, 1.807) is 0 Å². The minimum absolute atomic E-state index is 0.000622. The van der Waals surface area contributed by atoms with Crippen LogP contribution in [0.25, 0.3) is 0 Å². The monoisotopic (exact) mass is 2010 g/mol. The molecule has 0 aromatic carbocycles. The summed E-state index contributed by atoms with van der Waals surface area (Å²) in [4.78, 5) is 240. The molecule has 0 spiro atoms. The first-order valence-electron chi connectivity index (χ1n) is 47.0. The van der Waals surface area contributed by atoms with Gasteiger partial charge in [-0.05, 0) is 57.8 Å². The van der Waals surface area contributed by atoms with Gasteiger partial charge in [0, 0.05) is 181 Å². The molecule has 4 rings (SSSR count). The van der Waals surface area contributed by atoms with Crippen LogP contribution in [0.15, 0.2) is 0 Å². The van der Waals surface area contributed by atoms with Gasteiger partial charge in [-0.1, -0.05) is 51.4 Å². The third kappa shape index (κ3) is 50.9. The zero-order chi connectivity index (χ0) is 103. The summed E-state index contributed by atoms with van der Waals surface area (Å²) in [5, 5.41) is 22.4. The molecule has 4 heterocycles. The second kappa shape index (κ2) is 66.8. The van der Waals surface area contributed by atoms with Crippen LogP contribution in [0.1, 0.15) is 224 Å². The topological polar surface area (TPSA) is 631 Å². The Kier molecular flexibility index (Phi) is 58.4. The Hall–Kier alpha value is -9.79. The van der Waals surface area contributed by atoms with Crippen LogP contribution >= 0.6 is 7.82 Å². The quantitative estimate of drug-likeness (QED) is 0.0178. The van der Waals surface area contributed by atoms with E-state index in [2.05, 4.69) is 47.1 Å². The molecule has 0 aromatic rings. The highest BCUT2D eigenvalue weighted by Gasteiger charge is 2.55. The summed E-state index contributed by atoms with van der Waals surface area (Å²) in [7, 11) is -3.31. The van der Waals surface area contributed by atoms with E-state index in [4.69, 9.17) is 89.8 Å². The molecule has 50 heteroatoms. The molecule has 0 aliphatic carbocycles. The van der Waals surface area contributed by atoms with Crippen molar-refractivity contribution in [3.8, 4) is 0 Å². The highest BCUT2D eigenvalue weighted by Crippen LogP contribution is 2.37. The van der Waals surface area contributed by atoms with Gasteiger partial charge < -0.3 is 147 Å². The first-order chi connectivity index (χ1) is 66.0. The number of nitrogens with zero attached hydrogens (tertiary/aromatic N) is 1. The number of likely N-dealkylation sites (tertiary alicyclic amines) is 1. The van der Waals surface area contributed by atoms with E-state index in [1.165, 1.54) is 25.7 Å². The maximum absolute atomic E-state index is 14.5. The Bertz CT molecular complexity index is 3650. The van der Waals surface area contributed by atoms with Crippen LogP contribution in [0.3, 0.4) is 0 Å². The van der Waals surface area contributed by atoms with Crippen LogP contribution < -0.4 is 47.4 Å². The number of phosphoric acid groups is 1. The predicted molar refractivity (Wildman–Crippen MR) is 477 cm³/mol. The molecule has 49 nitrogen and oxygen atoms in total. The van der Waals surface area contributed by atoms with Gasteiger partial charge in [-0.25, -0.2) is 0 Å². The van der Waals surface area contributed by atoms with Gasteiger partial charge in [0.15, 0.2) is 55.5 Å². The number of hydrogen-bond acceptors (Lipinski definition) is 40. The molecule has 0 bridgehead atoms. The van der Waals surface area contributed by atoms with E-state index < -0.39 is 226 Å². The minimum atomic E-state index is -4.32. The van der Waals surface area contributed by atoms with Crippen LogP contribution in [0.2, 0.25) is 0 Å². The van der Waals surface area contributed by atoms with Crippen molar-refractivity contribution in [2.45, 2.75) is 322 Å². The highest BCUT2D eigenvalue weighted by molar-refractivity contribution is 7.45. The van der Waals surface area contributed by atoms with E-state index in [0.29, 0.717) is 109 Å². The number of ether oxygens (including phenoxy) is 18. The maximum Gasteiger partial charge on any atom is 0.303 e. The molecule has 16 unspecified atom stereocenters. The number of carbonyl (C=O) groups is 18. The molecule has 16 atom stereocenters. The molecule has 4 saturated heterocycles. The number of esters is 9. The lowest BCUT2D eigenvalue weighted by molar-refractivity contribution is -0.277. The third-order valence-electron chi connectivity index (χ3n) is 21.4. The summed E-state index contributed by atoms with van der Waals surface area (Å²) in [6.45, 7) is 12.3. The van der Waals surface area contributed by atoms with Gasteiger partial charge in [0.05, 0.1) is 52.2 Å². The molecule has 139 heavy (non-hydrogen) atoms. The fourth-order valence-corrected chi connectivity index (χ4v) is 15.5. The summed E-state index contributed by atoms with van der Waals surface area (Å²) in [5.41, 5.74) is -1.58. The zero-order valence-electron chi connectivity index (χ0n) is 82.0. The summed E-state index contributed by atoms with van der Waals surface area (Å²) < 4.78 is 124. The van der Waals surface area contributed by atoms with Crippen molar-refractivity contribution in [2.24, 2.45) is 5.92 Å². The van der Waals surface area contributed by atoms with Crippen molar-refractivity contribution < 1.29 is 190 Å². The normalized spacial score (nSPS) is 22.5. The SMILES string of the molecule is COP(=O)([O-])OCCCCCCNC(=O)CCCC(=O)N1CC(C(=O)NC(COCCC(=O)NCCCCCCOC2OC(COC(C)=O)C(OC(C)=O)C(OC(C)=O)C2NC(C)=O)(COCCC(=O)NCCCCCCOC2OC(COC(C)=O)C(OC(C)=O)C(OC(C)=O)C2NC(C)=O)COCCC(=O)NCCCCCCOC2OC(COC(C)=O)C(OC(C)=O)C(OC(C)=O)C2NC(C)=O)C1. The third-order valence-corrected chi connectivity index (χ3v) is 22.4. The number of unbranched alkanes of at least 4 members (excludes halogenated alkanes) is 12. The van der Waals surface area contributed by atoms with Crippen LogP contribution in [-0.4, -0.2) is 342 Å². The fourth-order valence-electron chi connectivity index (χ4n) is 15.0. The average Bonchev–Trinajstić information content (AvgIpc) is 0.798. The second-order valence-corrected chi connectivity index (χ2v) is 35.3. The number of amides is 9. The number of rotatable bonds is 69. The van der Waals surface area contributed by atoms with Crippen LogP contribution in [-0.2, 0) is 185 Å². The fraction of sp³-hybridized carbons (Fsp3) is 0.798. The second-order valence-electron chi connectivity index (χ2n) is 33.8. The average molecular weight is 2010 g/mol. The summed E-state index contributed by atoms with van der Waals surface area (Å²) in [6.07, 6.45) is -6.46. The Morgan fingerprint density at radius 1 is 0.345 bits per heavy atom. The predicted octanol–water partition coefficient (Wildman–Crippen LogP) is 0.546. The Morgan fingerprint density at radius 3 is 0.906 bits per heavy atom. The Balaban J connectivity index is 1.46. The van der Waals surface area contributed by atoms with E-state index in [9.17, 15) is 95.8 Å². The Morgan fingerprint density at radius 2 is 0.626 bits per heavy atom. The van der Waals surface area contributed by atoms with Crippen molar-refractivity contribution in [3.63, 3.8) is 0 Å². The van der Waals surface area contributed by atoms with Gasteiger partial charge in [-0.2, -0.15) is 0 Å². The first-order valence-corrected chi connectivity index (χ1v) is 48.4. The highest BCUT2D eigenvalue weighted by atomic mass is 31.2. The van der Waals surface area contributed by atoms with E-state index in [0.717, 1.165) is 69.4 Å². The first kappa shape index (κ1) is 122. The van der Waals surface area contributed by atoms with Crippen LogP contribution in [0.5, 0.6) is 0 Å². The van der Waals surface area contributed by atoms with Crippen molar-refractivity contribution in [3.05, 3.63) is 0 Å². The maximum atomic E-state index is 14.5. The molecule has 4 aliphatic heterocycles. The molecule has 9 amide bonds. The van der Waals surface area contributed by atoms with Gasteiger partial charge in [-0.15, -0.1) is 0 Å². The van der Waals surface area contributed by atoms with E-state index in [1.807, 2.05) is 0 Å². The van der Waals surface area contributed by atoms with Crippen molar-refractivity contribution in [2.75, 3.05) is 132 Å². The molecule has 0 saturated carbocycles. The van der Waals surface area contributed by atoms with Gasteiger partial charge in [0.1, 0.15) is 61.8 Å². The lowest BCUT2D eigenvalue weighted by atomic mass is 9.95. The van der Waals surface area contributed by atoms with Crippen molar-refractivity contribution >= 4 is 115 Å². The molecule has 8 N–H and O–H groups in total. The summed E-state index contributed by atoms with van der Waals surface area (Å²) in [6, 6.07) is -3.47. The van der Waals surface area contributed by atoms with Crippen molar-refractivity contribution in [1.82, 2.24) is 47.4 Å². The summed E-state index contributed by atoms with van der Waals surface area (Å²) >= 11 is 0. The largest absolute Gasteiger partial charge is 0.756 e. The zero-order valence-corrected chi connectivity index (χ0v) is 82.8. The van der Waals surface area contributed by atoms with Crippen molar-refractivity contribution in [1.29, 1.82) is 0 Å². The van der Waals surface area contributed by atoms with E-state index >= 15 is 0 Å². The number of hydrogen-bond donors (Lipinski definition) is 8. The molecule has 792 valence electrons. The molecule has 4 aliphatic rings. The lowest BCUT2D eigenvalue weighted by Crippen LogP contribution is -2.66. The number of phosphoric ester groups is 1. The molecular formula is C89H145N9O40P-. The number of nitrogens with one attached hydrogen (secondary N) is 8. The van der Waals surface area contributed by atoms with Gasteiger partial charge in [0.25, 0.3) is 7.82 Å². The van der Waals surface area contributed by atoms with Gasteiger partial charge in [-0.3, -0.25) is 90.9 Å². The Labute approximate surface area is 809 Å². The van der Waals surface area contributed by atoms with Gasteiger partial charge >= 0.3 is 53.7 Å². The molecule has 0 aromatic heterocycles. The minimum Gasteiger partial charge on any atom is -0.756 e. The smallest absolute Gasteiger partial charge is 0.303 e. The van der Waals surface area contributed by atoms with Gasteiger partial charge in [0.2, 0.25) is 53.2 Å². The lowest BCUT2D eigenvalue weighted by Gasteiger charge is -2.44. The summed E-state index contributed by atoms with van der Waals surface area (Å²) in [5.74, 6) is -11.3. The molecule has 4 fully saturated rings. The number of carbonyl (C=O) groups excluding carboxylic acids is 18. The standard InChI is InChI=1S/C89H146N9O40P/c1-55(99)94-76-82(133-64(10)108)79(130-61(7)105)68(49-126-58(4)102)136-86(76)123-40-26-18-14-22-37-91-72(112)33-44-120-52-89(97-85(116)67-47-98(48-67)75(115)32-30-31-71(111)90-36-25-17-21-29-43-129-139(117,118)119-13,53-121-45-34-73(113)92-38-23-15-19-27-41-124-87-77(95-56(2)100)83(134-65(11)109)80(131-62(8)106)69(137-87)50-127-59(5)103)54-122-46-35-74(114)93-39-24-16-20-28-42-125-88-78(96-57(3)101)84(135-66(12)110)81(132-63(9)107)70(138-88)51-128-60(6)104/h67-70,76-84,86-88H,14-54H2,1-13H3,(H,90,111)(H,91,112)(H,92,113)(H,93,114)(H,94,99)(H,95,100)(H,96,101)(H,97,116)(H,117,118)/p-1. The van der Waals surface area contributed by atoms with E-state index in [-0.39, 0.29) is 149 Å².